The lowest BCUT2D eigenvalue weighted by Crippen LogP contribution is -2.20. The zero-order valence-corrected chi connectivity index (χ0v) is 17.1. The van der Waals surface area contributed by atoms with E-state index in [-0.39, 0.29) is 29.0 Å². The molecular formula is C25H20N2O4. The number of hydrogen-bond acceptors (Lipinski definition) is 4. The molecule has 0 radical (unpaired) electrons. The zero-order valence-electron chi connectivity index (χ0n) is 17.1. The number of aromatic nitrogens is 2. The number of aryl methyl sites for hydroxylation is 2. The quantitative estimate of drug-likeness (QED) is 0.501. The molecule has 1 N–H and O–H groups in total. The molecule has 4 rings (SSSR count). The Balaban J connectivity index is 1.86. The van der Waals surface area contributed by atoms with E-state index in [1.54, 1.807) is 47.0 Å². The highest BCUT2D eigenvalue weighted by Crippen LogP contribution is 2.17. The van der Waals surface area contributed by atoms with Crippen molar-refractivity contribution in [2.45, 2.75) is 20.4 Å². The predicted molar refractivity (Wildman–Crippen MR) is 118 cm³/mol. The summed E-state index contributed by atoms with van der Waals surface area (Å²) < 4.78 is 1.76. The van der Waals surface area contributed by atoms with E-state index in [0.29, 0.717) is 22.2 Å². The minimum absolute atomic E-state index is 0.0609. The maximum atomic E-state index is 13.2. The van der Waals surface area contributed by atoms with Crippen LogP contribution in [-0.4, -0.2) is 26.4 Å². The predicted octanol–water partition coefficient (Wildman–Crippen LogP) is 3.99. The Morgan fingerprint density at radius 3 is 2.48 bits per heavy atom. The van der Waals surface area contributed by atoms with Gasteiger partial charge in [0.25, 0.3) is 0 Å². The second kappa shape index (κ2) is 7.99. The first-order chi connectivity index (χ1) is 14.8. The lowest BCUT2D eigenvalue weighted by Gasteiger charge is -2.13. The molecule has 31 heavy (non-hydrogen) atoms. The Kier molecular flexibility index (Phi) is 5.21. The average Bonchev–Trinajstić information content (AvgIpc) is 2.77. The molecule has 0 spiro atoms. The molecular weight excluding hydrogens is 392 g/mol. The minimum Gasteiger partial charge on any atom is -0.477 e. The second-order valence-electron chi connectivity index (χ2n) is 7.46. The number of carbonyl (C=O) groups excluding carboxylic acids is 1. The van der Waals surface area contributed by atoms with Gasteiger partial charge in [0.05, 0.1) is 23.3 Å². The summed E-state index contributed by atoms with van der Waals surface area (Å²) in [7, 11) is 0. The van der Waals surface area contributed by atoms with Crippen molar-refractivity contribution in [1.82, 2.24) is 9.55 Å². The van der Waals surface area contributed by atoms with Gasteiger partial charge in [-0.1, -0.05) is 30.3 Å². The van der Waals surface area contributed by atoms with Crippen LogP contribution in [0.1, 0.15) is 43.2 Å². The number of rotatable bonds is 5. The van der Waals surface area contributed by atoms with Crippen LogP contribution in [0, 0.1) is 13.8 Å². The van der Waals surface area contributed by atoms with Crippen molar-refractivity contribution in [3.63, 3.8) is 0 Å². The molecule has 0 atom stereocenters. The van der Waals surface area contributed by atoms with Crippen LogP contribution in [0.5, 0.6) is 0 Å². The van der Waals surface area contributed by atoms with Gasteiger partial charge in [-0.2, -0.15) is 0 Å². The summed E-state index contributed by atoms with van der Waals surface area (Å²) in [5.74, 6) is -1.46. The third-order valence-electron chi connectivity index (χ3n) is 5.36. The van der Waals surface area contributed by atoms with Crippen LogP contribution in [0.4, 0.5) is 0 Å². The van der Waals surface area contributed by atoms with Crippen LogP contribution in [-0.2, 0) is 6.54 Å². The van der Waals surface area contributed by atoms with Crippen molar-refractivity contribution in [2.24, 2.45) is 0 Å². The van der Waals surface area contributed by atoms with Gasteiger partial charge in [0, 0.05) is 17.1 Å². The van der Waals surface area contributed by atoms with E-state index in [0.717, 1.165) is 11.1 Å². The first kappa shape index (κ1) is 20.2. The molecule has 0 aliphatic heterocycles. The van der Waals surface area contributed by atoms with E-state index in [4.69, 9.17) is 0 Å². The molecule has 0 aliphatic rings. The van der Waals surface area contributed by atoms with Crippen LogP contribution >= 0.6 is 0 Å². The monoisotopic (exact) mass is 412 g/mol. The normalized spacial score (nSPS) is 10.9. The van der Waals surface area contributed by atoms with Gasteiger partial charge >= 0.3 is 5.97 Å². The second-order valence-corrected chi connectivity index (χ2v) is 7.46. The van der Waals surface area contributed by atoms with Crippen LogP contribution in [0.15, 0.2) is 71.7 Å². The number of benzene rings is 2. The first-order valence-corrected chi connectivity index (χ1v) is 9.78. The van der Waals surface area contributed by atoms with E-state index >= 15 is 0 Å². The van der Waals surface area contributed by atoms with Crippen molar-refractivity contribution in [1.29, 1.82) is 0 Å². The van der Waals surface area contributed by atoms with Crippen molar-refractivity contribution >= 4 is 22.7 Å². The smallest absolute Gasteiger partial charge is 0.354 e. The fraction of sp³-hybridized carbons (Fsp3) is 0.120. The summed E-state index contributed by atoms with van der Waals surface area (Å²) in [4.78, 5) is 41.8. The lowest BCUT2D eigenvalue weighted by atomic mass is 9.99. The average molecular weight is 412 g/mol. The molecule has 0 unspecified atom stereocenters. The molecule has 2 aromatic heterocycles. The van der Waals surface area contributed by atoms with E-state index in [9.17, 15) is 19.5 Å². The summed E-state index contributed by atoms with van der Waals surface area (Å²) in [6.45, 7) is 4.10. The summed E-state index contributed by atoms with van der Waals surface area (Å²) >= 11 is 0. The SMILES string of the molecule is Cc1ccc(C(=O)c2cn(Cc3cccc(C(=O)O)n3)c3ccccc3c2=O)cc1C. The maximum Gasteiger partial charge on any atom is 0.354 e. The molecule has 2 heterocycles. The topological polar surface area (TPSA) is 89.3 Å². The summed E-state index contributed by atoms with van der Waals surface area (Å²) in [6, 6.07) is 17.2. The van der Waals surface area contributed by atoms with Crippen LogP contribution in [0.3, 0.4) is 0 Å². The van der Waals surface area contributed by atoms with Crippen LogP contribution in [0.25, 0.3) is 10.9 Å². The van der Waals surface area contributed by atoms with Crippen LogP contribution in [0.2, 0.25) is 0 Å². The molecule has 0 aliphatic carbocycles. The molecule has 2 aromatic carbocycles. The number of carboxylic acids is 1. The molecule has 0 amide bonds. The van der Waals surface area contributed by atoms with Gasteiger partial charge in [-0.15, -0.1) is 0 Å². The summed E-state index contributed by atoms with van der Waals surface area (Å²) in [5.41, 5.74) is 3.32. The Hall–Kier alpha value is -4.06. The van der Waals surface area contributed by atoms with E-state index in [2.05, 4.69) is 4.98 Å². The number of carboxylic acid groups (broad SMARTS) is 1. The zero-order chi connectivity index (χ0) is 22.1. The van der Waals surface area contributed by atoms with Crippen molar-refractivity contribution in [3.8, 4) is 0 Å². The molecule has 4 aromatic rings. The molecule has 0 fully saturated rings. The molecule has 0 saturated carbocycles. The highest BCUT2D eigenvalue weighted by atomic mass is 16.4. The van der Waals surface area contributed by atoms with E-state index in [1.165, 1.54) is 12.3 Å². The lowest BCUT2D eigenvalue weighted by molar-refractivity contribution is 0.0690. The van der Waals surface area contributed by atoms with Gasteiger partial charge < -0.3 is 9.67 Å². The maximum absolute atomic E-state index is 13.2. The standard InChI is InChI=1S/C25H20N2O4/c1-15-10-11-17(12-16(15)2)23(28)20-14-27(22-9-4-3-7-19(22)24(20)29)13-18-6-5-8-21(26-18)25(30)31/h3-12,14H,13H2,1-2H3,(H,30,31). The van der Waals surface area contributed by atoms with Gasteiger partial charge in [0.2, 0.25) is 5.43 Å². The third-order valence-corrected chi connectivity index (χ3v) is 5.36. The van der Waals surface area contributed by atoms with E-state index in [1.807, 2.05) is 26.0 Å². The number of ketones is 1. The highest BCUT2D eigenvalue weighted by Gasteiger charge is 2.18. The van der Waals surface area contributed by atoms with Gasteiger partial charge in [-0.25, -0.2) is 9.78 Å². The van der Waals surface area contributed by atoms with Crippen LogP contribution < -0.4 is 5.43 Å². The number of aromatic carboxylic acids is 1. The Labute approximate surface area is 178 Å². The summed E-state index contributed by atoms with van der Waals surface area (Å²) in [6.07, 6.45) is 1.54. The summed E-state index contributed by atoms with van der Waals surface area (Å²) in [5, 5.41) is 9.64. The van der Waals surface area contributed by atoms with E-state index < -0.39 is 5.97 Å². The number of carbonyl (C=O) groups is 2. The molecule has 6 heteroatoms. The fourth-order valence-electron chi connectivity index (χ4n) is 3.54. The van der Waals surface area contributed by atoms with Gasteiger partial charge in [0.15, 0.2) is 5.78 Å². The number of pyridine rings is 2. The molecule has 6 nitrogen and oxygen atoms in total. The minimum atomic E-state index is -1.11. The number of fused-ring (bicyclic) bond motifs is 1. The Morgan fingerprint density at radius 2 is 1.74 bits per heavy atom. The van der Waals surface area contributed by atoms with Crippen molar-refractivity contribution in [3.05, 3.63) is 111 Å². The van der Waals surface area contributed by atoms with Gasteiger partial charge in [0.1, 0.15) is 5.69 Å². The number of para-hydroxylation sites is 1. The van der Waals surface area contributed by atoms with Gasteiger partial charge in [-0.3, -0.25) is 9.59 Å². The highest BCUT2D eigenvalue weighted by molar-refractivity contribution is 6.10. The van der Waals surface area contributed by atoms with Gasteiger partial charge in [-0.05, 0) is 55.3 Å². The molecule has 0 bridgehead atoms. The largest absolute Gasteiger partial charge is 0.477 e. The Morgan fingerprint density at radius 1 is 0.968 bits per heavy atom. The molecule has 154 valence electrons. The third kappa shape index (κ3) is 3.88. The number of nitrogens with zero attached hydrogens (tertiary/aromatic N) is 2. The fourth-order valence-corrected chi connectivity index (χ4v) is 3.54. The van der Waals surface area contributed by atoms with Crippen molar-refractivity contribution in [2.75, 3.05) is 0 Å². The molecule has 0 saturated heterocycles. The van der Waals surface area contributed by atoms with Crippen molar-refractivity contribution < 1.29 is 14.7 Å². The first-order valence-electron chi connectivity index (χ1n) is 9.78. The Bertz CT molecular complexity index is 1400. The number of hydrogen-bond donors (Lipinski definition) is 1.